The van der Waals surface area contributed by atoms with E-state index in [9.17, 15) is 52.7 Å². The minimum atomic E-state index is -6.49. The number of hydrogen-bond acceptors (Lipinski definition) is 1. The van der Waals surface area contributed by atoms with E-state index in [0.29, 0.717) is 0 Å². The second-order valence-corrected chi connectivity index (χ2v) is 3.05. The van der Waals surface area contributed by atoms with Gasteiger partial charge in [-0.15, -0.1) is 0 Å². The highest BCUT2D eigenvalue weighted by molar-refractivity contribution is 4.82. The highest BCUT2D eigenvalue weighted by Gasteiger charge is 2.66. The molecule has 116 valence electrons. The molecule has 0 aromatic carbocycles. The van der Waals surface area contributed by atoms with Crippen LogP contribution < -0.4 is 0 Å². The fourth-order valence-electron chi connectivity index (χ4n) is 0.727. The summed E-state index contributed by atoms with van der Waals surface area (Å²) in [7, 11) is 0. The standard InChI is InChI=1S/C6H2F12O/c7-1(3(8,9)10)6(17,18)19-2(4(11,12)13)5(14,15)16/h1-2H/t1-/m0/s1. The van der Waals surface area contributed by atoms with Crippen molar-refractivity contribution >= 4 is 0 Å². The molecule has 0 aliphatic rings. The Morgan fingerprint density at radius 2 is 0.895 bits per heavy atom. The molecule has 0 N–H and O–H groups in total. The molecule has 13 heteroatoms. The summed E-state index contributed by atoms with van der Waals surface area (Å²) in [6.07, 6.45) is -36.3. The van der Waals surface area contributed by atoms with Gasteiger partial charge in [-0.1, -0.05) is 0 Å². The Kier molecular flexibility index (Phi) is 4.68. The zero-order valence-electron chi connectivity index (χ0n) is 8.10. The van der Waals surface area contributed by atoms with E-state index in [2.05, 4.69) is 0 Å². The highest BCUT2D eigenvalue weighted by Crippen LogP contribution is 2.43. The largest absolute Gasteiger partial charge is 0.428 e. The first-order chi connectivity index (χ1) is 7.99. The number of alkyl halides is 12. The van der Waals surface area contributed by atoms with Crippen molar-refractivity contribution < 1.29 is 57.4 Å². The maximum absolute atomic E-state index is 12.3. The van der Waals surface area contributed by atoms with Gasteiger partial charge in [-0.25, -0.2) is 4.39 Å². The van der Waals surface area contributed by atoms with Gasteiger partial charge in [0.05, 0.1) is 0 Å². The summed E-state index contributed by atoms with van der Waals surface area (Å²) in [5, 5.41) is 0. The van der Waals surface area contributed by atoms with Gasteiger partial charge in [0.1, 0.15) is 0 Å². The smallest absolute Gasteiger partial charge is 0.295 e. The molecule has 0 aromatic rings. The van der Waals surface area contributed by atoms with Crippen molar-refractivity contribution in [1.82, 2.24) is 0 Å². The lowest BCUT2D eigenvalue weighted by molar-refractivity contribution is -0.416. The average Bonchev–Trinajstić information content (AvgIpc) is 2.08. The maximum atomic E-state index is 12.3. The van der Waals surface area contributed by atoms with E-state index in [4.69, 9.17) is 0 Å². The second kappa shape index (κ2) is 4.90. The molecule has 0 aliphatic carbocycles. The summed E-state index contributed by atoms with van der Waals surface area (Å²) in [5.41, 5.74) is 0. The average molecular weight is 318 g/mol. The number of ether oxygens (including phenoxy) is 1. The fourth-order valence-corrected chi connectivity index (χ4v) is 0.727. The molecule has 0 heterocycles. The van der Waals surface area contributed by atoms with Gasteiger partial charge in [0.15, 0.2) is 0 Å². The molecule has 1 atom stereocenters. The van der Waals surface area contributed by atoms with E-state index in [0.717, 1.165) is 0 Å². The molecule has 0 radical (unpaired) electrons. The van der Waals surface area contributed by atoms with Crippen molar-refractivity contribution in [2.24, 2.45) is 0 Å². The van der Waals surface area contributed by atoms with E-state index in [-0.39, 0.29) is 0 Å². The first kappa shape index (κ1) is 18.1. The van der Waals surface area contributed by atoms with Gasteiger partial charge >= 0.3 is 24.6 Å². The van der Waals surface area contributed by atoms with Crippen molar-refractivity contribution in [3.05, 3.63) is 0 Å². The summed E-state index contributed by atoms with van der Waals surface area (Å²) in [5.74, 6) is 0. The van der Waals surface area contributed by atoms with Gasteiger partial charge in [-0.2, -0.15) is 48.3 Å². The molecular formula is C6H2F12O. The van der Waals surface area contributed by atoms with E-state index in [1.807, 2.05) is 4.74 Å². The minimum absolute atomic E-state index is 1.98. The second-order valence-electron chi connectivity index (χ2n) is 3.05. The van der Waals surface area contributed by atoms with Crippen LogP contribution in [0.1, 0.15) is 0 Å². The fraction of sp³-hybridized carbons (Fsp3) is 1.00. The van der Waals surface area contributed by atoms with Crippen LogP contribution in [0.4, 0.5) is 52.7 Å². The summed E-state index contributed by atoms with van der Waals surface area (Å²) in [6, 6.07) is 0. The Balaban J connectivity index is 5.27. The normalized spacial score (nSPS) is 16.9. The number of rotatable bonds is 3. The molecule has 0 fully saturated rings. The van der Waals surface area contributed by atoms with Crippen LogP contribution in [0, 0.1) is 0 Å². The summed E-state index contributed by atoms with van der Waals surface area (Å²) < 4.78 is 143. The topological polar surface area (TPSA) is 9.23 Å². The Bertz CT molecular complexity index is 283. The summed E-state index contributed by atoms with van der Waals surface area (Å²) in [6.45, 7) is 0. The Morgan fingerprint density at radius 3 is 1.11 bits per heavy atom. The third kappa shape index (κ3) is 4.95. The molecule has 0 unspecified atom stereocenters. The van der Waals surface area contributed by atoms with E-state index < -0.39 is 36.9 Å². The lowest BCUT2D eigenvalue weighted by Crippen LogP contribution is -2.53. The van der Waals surface area contributed by atoms with Crippen LogP contribution in [-0.2, 0) is 4.74 Å². The SMILES string of the molecule is F[C@@H](C(F)(F)F)C(F)(F)OC(C(F)(F)F)C(F)(F)F. The summed E-state index contributed by atoms with van der Waals surface area (Å²) in [4.78, 5) is 0. The maximum Gasteiger partial charge on any atom is 0.428 e. The lowest BCUT2D eigenvalue weighted by atomic mass is 10.3. The van der Waals surface area contributed by atoms with E-state index in [1.54, 1.807) is 0 Å². The van der Waals surface area contributed by atoms with Crippen LogP contribution in [0.2, 0.25) is 0 Å². The van der Waals surface area contributed by atoms with Crippen molar-refractivity contribution in [3.63, 3.8) is 0 Å². The van der Waals surface area contributed by atoms with Crippen molar-refractivity contribution in [3.8, 4) is 0 Å². The summed E-state index contributed by atoms with van der Waals surface area (Å²) >= 11 is 0. The predicted octanol–water partition coefficient (Wildman–Crippen LogP) is 3.99. The van der Waals surface area contributed by atoms with Crippen LogP contribution >= 0.6 is 0 Å². The van der Waals surface area contributed by atoms with Crippen LogP contribution in [0.15, 0.2) is 0 Å². The van der Waals surface area contributed by atoms with Gasteiger partial charge in [0.2, 0.25) is 0 Å². The van der Waals surface area contributed by atoms with Crippen LogP contribution in [0.5, 0.6) is 0 Å². The predicted molar refractivity (Wildman–Crippen MR) is 32.9 cm³/mol. The molecule has 0 saturated heterocycles. The molecule has 1 nitrogen and oxygen atoms in total. The van der Waals surface area contributed by atoms with Gasteiger partial charge in [0, 0.05) is 0 Å². The molecule has 19 heavy (non-hydrogen) atoms. The van der Waals surface area contributed by atoms with Crippen molar-refractivity contribution in [2.75, 3.05) is 0 Å². The molecular weight excluding hydrogens is 316 g/mol. The van der Waals surface area contributed by atoms with Crippen LogP contribution in [-0.4, -0.2) is 36.9 Å². The molecule has 0 aromatic heterocycles. The zero-order valence-corrected chi connectivity index (χ0v) is 8.10. The molecule has 0 saturated carbocycles. The molecule has 0 bridgehead atoms. The Morgan fingerprint density at radius 1 is 0.579 bits per heavy atom. The molecule has 0 rings (SSSR count). The van der Waals surface area contributed by atoms with Crippen LogP contribution in [0.3, 0.4) is 0 Å². The Hall–Kier alpha value is -0.880. The third-order valence-corrected chi connectivity index (χ3v) is 1.45. The van der Waals surface area contributed by atoms with Crippen LogP contribution in [0.25, 0.3) is 0 Å². The van der Waals surface area contributed by atoms with Gasteiger partial charge in [-0.05, 0) is 0 Å². The first-order valence-electron chi connectivity index (χ1n) is 3.89. The van der Waals surface area contributed by atoms with Crippen molar-refractivity contribution in [2.45, 2.75) is 36.9 Å². The van der Waals surface area contributed by atoms with Gasteiger partial charge in [-0.3, -0.25) is 4.74 Å². The quantitative estimate of drug-likeness (QED) is 0.715. The first-order valence-corrected chi connectivity index (χ1v) is 3.89. The van der Waals surface area contributed by atoms with Crippen molar-refractivity contribution in [1.29, 1.82) is 0 Å². The molecule has 0 amide bonds. The minimum Gasteiger partial charge on any atom is -0.295 e. The lowest BCUT2D eigenvalue weighted by Gasteiger charge is -2.29. The van der Waals surface area contributed by atoms with E-state index in [1.165, 1.54) is 0 Å². The molecule has 0 aliphatic heterocycles. The van der Waals surface area contributed by atoms with E-state index >= 15 is 0 Å². The number of hydrogen-bond donors (Lipinski definition) is 0. The zero-order chi connectivity index (χ0) is 15.9. The highest BCUT2D eigenvalue weighted by atomic mass is 19.4. The van der Waals surface area contributed by atoms with Gasteiger partial charge < -0.3 is 0 Å². The third-order valence-electron chi connectivity index (χ3n) is 1.45. The molecule has 0 spiro atoms. The monoisotopic (exact) mass is 318 g/mol. The van der Waals surface area contributed by atoms with Gasteiger partial charge in [0.25, 0.3) is 12.3 Å². The number of halogens is 12. The Labute approximate surface area is 95.7 Å².